The molecule has 1 heterocycles. The van der Waals surface area contributed by atoms with Crippen molar-refractivity contribution < 1.29 is 23.9 Å². The van der Waals surface area contributed by atoms with Crippen molar-refractivity contribution in [2.45, 2.75) is 32.5 Å². The second-order valence-electron chi connectivity index (χ2n) is 7.49. The molecule has 0 aromatic heterocycles. The first-order valence-electron chi connectivity index (χ1n) is 8.91. The normalized spacial score (nSPS) is 14.4. The molecule has 0 saturated carbocycles. The van der Waals surface area contributed by atoms with Gasteiger partial charge in [0.15, 0.2) is 0 Å². The molecule has 0 aliphatic carbocycles. The summed E-state index contributed by atoms with van der Waals surface area (Å²) in [6.07, 6.45) is -1.82. The van der Waals surface area contributed by atoms with Gasteiger partial charge in [-0.3, -0.25) is 14.9 Å². The number of imide groups is 1. The number of carbonyl (C=O) groups excluding carboxylic acids is 3. The maximum atomic E-state index is 13.0. The monoisotopic (exact) mass is 416 g/mol. The second-order valence-corrected chi connectivity index (χ2v) is 7.93. The van der Waals surface area contributed by atoms with Crippen LogP contribution >= 0.6 is 11.6 Å². The summed E-state index contributed by atoms with van der Waals surface area (Å²) < 4.78 is 10.5. The molecule has 0 fully saturated rings. The van der Waals surface area contributed by atoms with Crippen LogP contribution in [0.1, 0.15) is 53.2 Å². The number of halogens is 1. The largest absolute Gasteiger partial charge is 0.497 e. The highest BCUT2D eigenvalue weighted by molar-refractivity contribution is 6.32. The van der Waals surface area contributed by atoms with E-state index in [1.54, 1.807) is 51.1 Å². The van der Waals surface area contributed by atoms with Gasteiger partial charge in [0.2, 0.25) is 0 Å². The fourth-order valence-electron chi connectivity index (χ4n) is 2.97. The number of ether oxygens (including phenoxy) is 2. The zero-order valence-electron chi connectivity index (χ0n) is 16.5. The quantitative estimate of drug-likeness (QED) is 0.756. The number of hydrogen-bond donors (Lipinski definition) is 1. The molecule has 1 aliphatic rings. The molecule has 29 heavy (non-hydrogen) atoms. The molecular weight excluding hydrogens is 396 g/mol. The van der Waals surface area contributed by atoms with Gasteiger partial charge in [-0.05, 0) is 56.7 Å². The Morgan fingerprint density at radius 1 is 1.03 bits per heavy atom. The van der Waals surface area contributed by atoms with Gasteiger partial charge in [-0.1, -0.05) is 23.7 Å². The van der Waals surface area contributed by atoms with Crippen molar-refractivity contribution in [2.75, 3.05) is 7.11 Å². The number of carbonyl (C=O) groups is 3. The molecule has 1 N–H and O–H groups in total. The molecule has 0 saturated heterocycles. The number of alkyl carbamates (subject to hydrolysis) is 1. The van der Waals surface area contributed by atoms with Crippen molar-refractivity contribution >= 4 is 29.5 Å². The van der Waals surface area contributed by atoms with Crippen LogP contribution in [-0.2, 0) is 4.74 Å². The third-order valence-corrected chi connectivity index (χ3v) is 4.46. The van der Waals surface area contributed by atoms with Gasteiger partial charge < -0.3 is 9.47 Å². The number of amides is 3. The first-order valence-corrected chi connectivity index (χ1v) is 9.29. The van der Waals surface area contributed by atoms with E-state index in [4.69, 9.17) is 21.1 Å². The van der Waals surface area contributed by atoms with E-state index in [0.29, 0.717) is 16.3 Å². The lowest BCUT2D eigenvalue weighted by Crippen LogP contribution is -2.45. The maximum absolute atomic E-state index is 13.0. The minimum atomic E-state index is -1.07. The molecule has 3 amide bonds. The van der Waals surface area contributed by atoms with E-state index in [0.717, 1.165) is 4.90 Å². The topological polar surface area (TPSA) is 84.9 Å². The maximum Gasteiger partial charge on any atom is 0.409 e. The predicted molar refractivity (Wildman–Crippen MR) is 107 cm³/mol. The van der Waals surface area contributed by atoms with Crippen LogP contribution in [0.3, 0.4) is 0 Å². The lowest BCUT2D eigenvalue weighted by Gasteiger charge is -2.29. The Hall–Kier alpha value is -3.06. The first-order chi connectivity index (χ1) is 13.6. The Labute approximate surface area is 173 Å². The number of rotatable bonds is 4. The van der Waals surface area contributed by atoms with Crippen LogP contribution in [0.25, 0.3) is 0 Å². The zero-order valence-corrected chi connectivity index (χ0v) is 17.2. The summed E-state index contributed by atoms with van der Waals surface area (Å²) >= 11 is 5.99. The van der Waals surface area contributed by atoms with E-state index >= 15 is 0 Å². The minimum Gasteiger partial charge on any atom is -0.497 e. The van der Waals surface area contributed by atoms with E-state index in [2.05, 4.69) is 5.32 Å². The summed E-state index contributed by atoms with van der Waals surface area (Å²) in [5, 5.41) is 2.97. The molecular formula is C21H21ClN2O5. The minimum absolute atomic E-state index is 0.187. The van der Waals surface area contributed by atoms with E-state index in [9.17, 15) is 14.4 Å². The van der Waals surface area contributed by atoms with Gasteiger partial charge in [-0.15, -0.1) is 0 Å². The highest BCUT2D eigenvalue weighted by Gasteiger charge is 2.42. The molecule has 0 bridgehead atoms. The second kappa shape index (κ2) is 7.75. The summed E-state index contributed by atoms with van der Waals surface area (Å²) in [6.45, 7) is 5.16. The van der Waals surface area contributed by atoms with E-state index in [-0.39, 0.29) is 11.1 Å². The Kier molecular flexibility index (Phi) is 5.53. The van der Waals surface area contributed by atoms with Crippen molar-refractivity contribution in [2.24, 2.45) is 0 Å². The van der Waals surface area contributed by atoms with Crippen LogP contribution in [0.4, 0.5) is 4.79 Å². The zero-order chi connectivity index (χ0) is 21.3. The molecule has 152 valence electrons. The third-order valence-electron chi connectivity index (χ3n) is 4.22. The van der Waals surface area contributed by atoms with Gasteiger partial charge in [-0.2, -0.15) is 0 Å². The number of fused-ring (bicyclic) bond motifs is 1. The number of nitrogens with one attached hydrogen (secondary N) is 1. The van der Waals surface area contributed by atoms with Crippen LogP contribution < -0.4 is 10.1 Å². The van der Waals surface area contributed by atoms with Crippen molar-refractivity contribution in [1.82, 2.24) is 10.2 Å². The van der Waals surface area contributed by atoms with Crippen LogP contribution in [0.5, 0.6) is 5.75 Å². The van der Waals surface area contributed by atoms with Gasteiger partial charge in [0, 0.05) is 5.02 Å². The Balaban J connectivity index is 1.99. The SMILES string of the molecule is COc1ccc(C(NC(=O)OC(C)(C)C)N2C(=O)c3ccc(Cl)cc3C2=O)cc1. The average molecular weight is 417 g/mol. The Morgan fingerprint density at radius 3 is 2.24 bits per heavy atom. The lowest BCUT2D eigenvalue weighted by molar-refractivity contribution is 0.0385. The first kappa shape index (κ1) is 20.7. The summed E-state index contributed by atoms with van der Waals surface area (Å²) in [7, 11) is 1.53. The van der Waals surface area contributed by atoms with Crippen LogP contribution in [0.2, 0.25) is 5.02 Å². The highest BCUT2D eigenvalue weighted by atomic mass is 35.5. The molecule has 7 nitrogen and oxygen atoms in total. The third kappa shape index (κ3) is 4.35. The van der Waals surface area contributed by atoms with E-state index < -0.39 is 29.7 Å². The number of methoxy groups -OCH3 is 1. The number of benzene rings is 2. The summed E-state index contributed by atoms with van der Waals surface area (Å²) in [6, 6.07) is 11.2. The average Bonchev–Trinajstić information content (AvgIpc) is 2.89. The Bertz CT molecular complexity index is 966. The molecule has 0 radical (unpaired) electrons. The molecule has 2 aromatic rings. The fraction of sp³-hybridized carbons (Fsp3) is 0.286. The van der Waals surface area contributed by atoms with Crippen LogP contribution in [-0.4, -0.2) is 35.5 Å². The van der Waals surface area contributed by atoms with Gasteiger partial charge in [0.05, 0.1) is 18.2 Å². The van der Waals surface area contributed by atoms with Gasteiger partial charge >= 0.3 is 6.09 Å². The van der Waals surface area contributed by atoms with Crippen LogP contribution in [0, 0.1) is 0 Å². The molecule has 1 aliphatic heterocycles. The molecule has 1 atom stereocenters. The van der Waals surface area contributed by atoms with Gasteiger partial charge in [0.1, 0.15) is 17.5 Å². The molecule has 1 unspecified atom stereocenters. The fourth-order valence-corrected chi connectivity index (χ4v) is 3.14. The highest BCUT2D eigenvalue weighted by Crippen LogP contribution is 2.32. The molecule has 2 aromatic carbocycles. The predicted octanol–water partition coefficient (Wildman–Crippen LogP) is 4.17. The van der Waals surface area contributed by atoms with E-state index in [1.807, 2.05) is 0 Å². The molecule has 0 spiro atoms. The van der Waals surface area contributed by atoms with Crippen molar-refractivity contribution in [3.8, 4) is 5.75 Å². The summed E-state index contributed by atoms with van der Waals surface area (Å²) in [4.78, 5) is 39.4. The molecule has 8 heteroatoms. The van der Waals surface area contributed by atoms with Gasteiger partial charge in [0.25, 0.3) is 11.8 Å². The van der Waals surface area contributed by atoms with Crippen molar-refractivity contribution in [3.63, 3.8) is 0 Å². The van der Waals surface area contributed by atoms with Crippen molar-refractivity contribution in [1.29, 1.82) is 0 Å². The van der Waals surface area contributed by atoms with Gasteiger partial charge in [-0.25, -0.2) is 9.69 Å². The molecule has 3 rings (SSSR count). The lowest BCUT2D eigenvalue weighted by atomic mass is 10.1. The smallest absolute Gasteiger partial charge is 0.409 e. The summed E-state index contributed by atoms with van der Waals surface area (Å²) in [5.41, 5.74) is 0.178. The standard InChI is InChI=1S/C21H21ClN2O5/c1-21(2,3)29-20(27)23-17(12-5-8-14(28-4)9-6-12)24-18(25)15-10-7-13(22)11-16(15)19(24)26/h5-11,17H,1-4H3,(H,23,27). The van der Waals surface area contributed by atoms with E-state index in [1.165, 1.54) is 19.2 Å². The van der Waals surface area contributed by atoms with Crippen molar-refractivity contribution in [3.05, 3.63) is 64.2 Å². The number of hydrogen-bond acceptors (Lipinski definition) is 5. The summed E-state index contributed by atoms with van der Waals surface area (Å²) in [5.74, 6) is -0.484. The Morgan fingerprint density at radius 2 is 1.66 bits per heavy atom. The van der Waals surface area contributed by atoms with Crippen LogP contribution in [0.15, 0.2) is 42.5 Å². The number of nitrogens with zero attached hydrogens (tertiary/aromatic N) is 1.